The zero-order valence-electron chi connectivity index (χ0n) is 11.9. The highest BCUT2D eigenvalue weighted by molar-refractivity contribution is 7.80. The molecule has 5 nitrogen and oxygen atoms in total. The molecule has 0 bridgehead atoms. The first-order chi connectivity index (χ1) is 10.1. The third-order valence-electron chi connectivity index (χ3n) is 3.19. The number of fused-ring (bicyclic) bond motifs is 1. The molecular weight excluding hydrogens is 288 g/mol. The molecule has 0 aliphatic carbocycles. The lowest BCUT2D eigenvalue weighted by atomic mass is 10.1. The summed E-state index contributed by atoms with van der Waals surface area (Å²) in [5.41, 5.74) is 6.76. The van der Waals surface area contributed by atoms with E-state index >= 15 is 0 Å². The minimum absolute atomic E-state index is 0.103. The van der Waals surface area contributed by atoms with E-state index in [1.165, 1.54) is 6.26 Å². The SMILES string of the molecule is COCCN(CCC(N)=S)C(=O)c1coc2ccccc12. The van der Waals surface area contributed by atoms with Crippen LogP contribution in [0.1, 0.15) is 16.8 Å². The molecule has 0 spiro atoms. The molecule has 0 aliphatic rings. The lowest BCUT2D eigenvalue weighted by molar-refractivity contribution is 0.0702. The number of carbonyl (C=O) groups is 1. The lowest BCUT2D eigenvalue weighted by Gasteiger charge is -2.21. The summed E-state index contributed by atoms with van der Waals surface area (Å²) < 4.78 is 10.5. The summed E-state index contributed by atoms with van der Waals surface area (Å²) in [5, 5.41) is 0.806. The number of furan rings is 1. The number of hydrogen-bond donors (Lipinski definition) is 1. The van der Waals surface area contributed by atoms with Crippen molar-refractivity contribution in [3.63, 3.8) is 0 Å². The number of ether oxygens (including phenoxy) is 1. The van der Waals surface area contributed by atoms with Crippen molar-refractivity contribution < 1.29 is 13.9 Å². The number of para-hydroxylation sites is 1. The molecule has 2 N–H and O–H groups in total. The monoisotopic (exact) mass is 306 g/mol. The Hall–Kier alpha value is -1.92. The third kappa shape index (κ3) is 3.80. The van der Waals surface area contributed by atoms with E-state index in [9.17, 15) is 4.79 Å². The van der Waals surface area contributed by atoms with E-state index in [1.54, 1.807) is 12.0 Å². The zero-order chi connectivity index (χ0) is 15.2. The maximum absolute atomic E-state index is 12.7. The second kappa shape index (κ2) is 7.19. The number of thiocarbonyl (C=S) groups is 1. The van der Waals surface area contributed by atoms with Crippen LogP contribution < -0.4 is 5.73 Å². The van der Waals surface area contributed by atoms with Crippen molar-refractivity contribution in [3.8, 4) is 0 Å². The fraction of sp³-hybridized carbons (Fsp3) is 0.333. The van der Waals surface area contributed by atoms with Crippen molar-refractivity contribution in [3.05, 3.63) is 36.1 Å². The van der Waals surface area contributed by atoms with Gasteiger partial charge >= 0.3 is 0 Å². The highest BCUT2D eigenvalue weighted by atomic mass is 32.1. The van der Waals surface area contributed by atoms with Gasteiger partial charge in [-0.1, -0.05) is 30.4 Å². The van der Waals surface area contributed by atoms with Crippen LogP contribution in [-0.4, -0.2) is 42.6 Å². The van der Waals surface area contributed by atoms with Crippen molar-refractivity contribution in [1.29, 1.82) is 0 Å². The molecule has 0 atom stereocenters. The van der Waals surface area contributed by atoms with Crippen molar-refractivity contribution >= 4 is 34.1 Å². The Kier molecular flexibility index (Phi) is 5.30. The molecule has 0 saturated heterocycles. The largest absolute Gasteiger partial charge is 0.463 e. The van der Waals surface area contributed by atoms with Gasteiger partial charge in [-0.2, -0.15) is 0 Å². The first-order valence-electron chi connectivity index (χ1n) is 6.66. The van der Waals surface area contributed by atoms with Gasteiger partial charge in [0.1, 0.15) is 11.8 Å². The molecule has 1 aromatic heterocycles. The zero-order valence-corrected chi connectivity index (χ0v) is 12.7. The van der Waals surface area contributed by atoms with Crippen LogP contribution in [0, 0.1) is 0 Å². The summed E-state index contributed by atoms with van der Waals surface area (Å²) in [6, 6.07) is 7.45. The van der Waals surface area contributed by atoms with E-state index in [0.717, 1.165) is 5.39 Å². The Balaban J connectivity index is 2.21. The molecule has 21 heavy (non-hydrogen) atoms. The average molecular weight is 306 g/mol. The number of methoxy groups -OCH3 is 1. The molecule has 112 valence electrons. The van der Waals surface area contributed by atoms with Gasteiger partial charge in [-0.05, 0) is 6.07 Å². The minimum Gasteiger partial charge on any atom is -0.463 e. The Bertz CT molecular complexity index is 639. The van der Waals surface area contributed by atoms with Crippen LogP contribution in [0.2, 0.25) is 0 Å². The number of nitrogens with zero attached hydrogens (tertiary/aromatic N) is 1. The van der Waals surface area contributed by atoms with Gasteiger partial charge in [0, 0.05) is 32.0 Å². The van der Waals surface area contributed by atoms with Crippen LogP contribution in [0.25, 0.3) is 11.0 Å². The molecule has 1 heterocycles. The lowest BCUT2D eigenvalue weighted by Crippen LogP contribution is -2.36. The Morgan fingerprint density at radius 2 is 2.14 bits per heavy atom. The van der Waals surface area contributed by atoms with Gasteiger partial charge in [0.05, 0.1) is 17.2 Å². The number of hydrogen-bond acceptors (Lipinski definition) is 4. The predicted molar refractivity (Wildman–Crippen MR) is 85.4 cm³/mol. The number of rotatable bonds is 7. The Morgan fingerprint density at radius 3 is 2.86 bits per heavy atom. The molecular formula is C15H18N2O3S. The second-order valence-corrected chi connectivity index (χ2v) is 5.17. The predicted octanol–water partition coefficient (Wildman–Crippen LogP) is 2.20. The van der Waals surface area contributed by atoms with E-state index in [2.05, 4.69) is 0 Å². The maximum atomic E-state index is 12.7. The van der Waals surface area contributed by atoms with Crippen LogP contribution in [0.5, 0.6) is 0 Å². The molecule has 0 fully saturated rings. The number of carbonyl (C=O) groups excluding carboxylic acids is 1. The van der Waals surface area contributed by atoms with Gasteiger partial charge in [0.25, 0.3) is 5.91 Å². The van der Waals surface area contributed by atoms with Gasteiger partial charge in [0.15, 0.2) is 0 Å². The Labute approximate surface area is 128 Å². The smallest absolute Gasteiger partial charge is 0.257 e. The Morgan fingerprint density at radius 1 is 1.38 bits per heavy atom. The van der Waals surface area contributed by atoms with E-state index in [-0.39, 0.29) is 5.91 Å². The highest BCUT2D eigenvalue weighted by Crippen LogP contribution is 2.22. The van der Waals surface area contributed by atoms with Gasteiger partial charge in [-0.15, -0.1) is 0 Å². The van der Waals surface area contributed by atoms with Crippen molar-refractivity contribution in [2.75, 3.05) is 26.8 Å². The van der Waals surface area contributed by atoms with Crippen molar-refractivity contribution in [1.82, 2.24) is 4.90 Å². The van der Waals surface area contributed by atoms with Crippen LogP contribution in [0.15, 0.2) is 34.9 Å². The number of amides is 1. The van der Waals surface area contributed by atoms with E-state index in [1.807, 2.05) is 24.3 Å². The summed E-state index contributed by atoms with van der Waals surface area (Å²) >= 11 is 4.88. The molecule has 2 rings (SSSR count). The molecule has 1 aromatic carbocycles. The van der Waals surface area contributed by atoms with Gasteiger partial charge in [0.2, 0.25) is 0 Å². The quantitative estimate of drug-likeness (QED) is 0.794. The summed E-state index contributed by atoms with van der Waals surface area (Å²) in [7, 11) is 1.60. The summed E-state index contributed by atoms with van der Waals surface area (Å²) in [6.45, 7) is 1.41. The molecule has 0 unspecified atom stereocenters. The molecule has 1 amide bonds. The van der Waals surface area contributed by atoms with Gasteiger partial charge in [-0.3, -0.25) is 4.79 Å². The standard InChI is InChI=1S/C15H18N2O3S/c1-19-9-8-17(7-6-14(16)21)15(18)12-10-20-13-5-3-2-4-11(12)13/h2-5,10H,6-9H2,1H3,(H2,16,21). The van der Waals surface area contributed by atoms with Crippen LogP contribution in [-0.2, 0) is 4.74 Å². The molecule has 0 aliphatic heterocycles. The first-order valence-corrected chi connectivity index (χ1v) is 7.07. The topological polar surface area (TPSA) is 68.7 Å². The normalized spacial score (nSPS) is 10.7. The fourth-order valence-corrected chi connectivity index (χ4v) is 2.17. The highest BCUT2D eigenvalue weighted by Gasteiger charge is 2.20. The number of benzene rings is 1. The average Bonchev–Trinajstić information content (AvgIpc) is 2.90. The van der Waals surface area contributed by atoms with Crippen molar-refractivity contribution in [2.45, 2.75) is 6.42 Å². The molecule has 2 aromatic rings. The molecule has 0 saturated carbocycles. The van der Waals surface area contributed by atoms with E-state index < -0.39 is 0 Å². The van der Waals surface area contributed by atoms with E-state index in [0.29, 0.717) is 42.3 Å². The number of nitrogens with two attached hydrogens (primary N) is 1. The van der Waals surface area contributed by atoms with Gasteiger partial charge < -0.3 is 19.8 Å². The van der Waals surface area contributed by atoms with Crippen LogP contribution in [0.4, 0.5) is 0 Å². The summed E-state index contributed by atoms with van der Waals surface area (Å²) in [4.78, 5) is 14.7. The summed E-state index contributed by atoms with van der Waals surface area (Å²) in [5.74, 6) is -0.103. The van der Waals surface area contributed by atoms with E-state index in [4.69, 9.17) is 27.1 Å². The van der Waals surface area contributed by atoms with Crippen LogP contribution in [0.3, 0.4) is 0 Å². The summed E-state index contributed by atoms with van der Waals surface area (Å²) in [6.07, 6.45) is 1.98. The maximum Gasteiger partial charge on any atom is 0.257 e. The van der Waals surface area contributed by atoms with Crippen molar-refractivity contribution in [2.24, 2.45) is 5.73 Å². The minimum atomic E-state index is -0.103. The van der Waals surface area contributed by atoms with Crippen LogP contribution >= 0.6 is 12.2 Å². The third-order valence-corrected chi connectivity index (χ3v) is 3.40. The van der Waals surface area contributed by atoms with Gasteiger partial charge in [-0.25, -0.2) is 0 Å². The second-order valence-electron chi connectivity index (χ2n) is 4.65. The molecule has 0 radical (unpaired) electrons. The first kappa shape index (κ1) is 15.5. The molecule has 6 heteroatoms. The fourth-order valence-electron chi connectivity index (χ4n) is 2.08.